The monoisotopic (exact) mass is 688 g/mol. The topological polar surface area (TPSA) is 133 Å². The maximum atomic E-state index is 14.0. The van der Waals surface area contributed by atoms with Gasteiger partial charge in [-0.2, -0.15) is 0 Å². The number of carboxylic acid groups (broad SMARTS) is 1. The first kappa shape index (κ1) is 35.2. The summed E-state index contributed by atoms with van der Waals surface area (Å²) in [4.78, 5) is 38.8. The van der Waals surface area contributed by atoms with E-state index in [2.05, 4.69) is 58.7 Å². The van der Waals surface area contributed by atoms with Crippen LogP contribution in [0.15, 0.2) is 38.4 Å². The van der Waals surface area contributed by atoms with Crippen molar-refractivity contribution < 1.29 is 33.1 Å². The molecule has 0 radical (unpaired) electrons. The highest BCUT2D eigenvalue weighted by atomic mass is 16.5. The summed E-state index contributed by atoms with van der Waals surface area (Å²) < 4.78 is 18.2. The van der Waals surface area contributed by atoms with Gasteiger partial charge in [0.1, 0.15) is 6.10 Å². The van der Waals surface area contributed by atoms with Crippen LogP contribution in [0.2, 0.25) is 0 Å². The number of ketones is 1. The maximum absolute atomic E-state index is 14.0. The molecule has 0 aromatic carbocycles. The molecule has 0 saturated heterocycles. The molecule has 5 aliphatic carbocycles. The third-order valence-electron chi connectivity index (χ3n) is 15.4. The van der Waals surface area contributed by atoms with Crippen LogP contribution in [0.4, 0.5) is 0 Å². The molecule has 5 aliphatic rings. The van der Waals surface area contributed by atoms with Gasteiger partial charge in [0.15, 0.2) is 11.5 Å². The molecule has 9 nitrogen and oxygen atoms in total. The minimum Gasteiger partial charge on any atom is -0.481 e. The molecule has 2 heterocycles. The number of Topliss-reactive ketones (excluding diaryl/α,β-unsaturated/α-hetero) is 1. The van der Waals surface area contributed by atoms with Gasteiger partial charge in [-0.25, -0.2) is 0 Å². The lowest BCUT2D eigenvalue weighted by atomic mass is 9.33. The Kier molecular flexibility index (Phi) is 8.01. The van der Waals surface area contributed by atoms with E-state index in [0.717, 1.165) is 56.9 Å². The lowest BCUT2D eigenvalue weighted by molar-refractivity contribution is -0.232. The first-order valence-corrected chi connectivity index (χ1v) is 18.9. The summed E-state index contributed by atoms with van der Waals surface area (Å²) in [6.07, 6.45) is 9.37. The van der Waals surface area contributed by atoms with Crippen LogP contribution in [0.1, 0.15) is 132 Å². The quantitative estimate of drug-likeness (QED) is 0.283. The van der Waals surface area contributed by atoms with Crippen molar-refractivity contribution in [3.05, 3.63) is 35.4 Å². The minimum atomic E-state index is -1.16. The summed E-state index contributed by atoms with van der Waals surface area (Å²) in [5.74, 6) is 1.45. The average molecular weight is 689 g/mol. The Hall–Kier alpha value is -3.23. The maximum Gasteiger partial charge on any atom is 0.309 e. The number of allylic oxidation sites excluding steroid dienone is 2. The molecule has 1 N–H and O–H groups in total. The van der Waals surface area contributed by atoms with Crippen molar-refractivity contribution in [2.45, 2.75) is 138 Å². The highest BCUT2D eigenvalue weighted by molar-refractivity contribution is 6.01. The highest BCUT2D eigenvalue weighted by Crippen LogP contribution is 2.76. The molecule has 272 valence electrons. The van der Waals surface area contributed by atoms with E-state index in [1.165, 1.54) is 5.57 Å². The number of fused-ring (bicyclic) bond motifs is 7. The van der Waals surface area contributed by atoms with E-state index in [-0.39, 0.29) is 51.8 Å². The SMILES string of the molecule is CC(C)C1=C2[C@H]3CC[C@@H]4[C@@]5(C)CC[C@H](OC(=O)CC(C)(C)C(=O)O)C(C)(C)[C@@H]5CC[C@@]4(C)[C@]3(C)CC[C@@]2(c2nnc(-c3ccco3)o2)CC1=O. The molecule has 9 heteroatoms. The number of carbonyl (C=O) groups is 3. The fourth-order valence-electron chi connectivity index (χ4n) is 12.6. The molecule has 0 unspecified atom stereocenters. The second kappa shape index (κ2) is 11.4. The van der Waals surface area contributed by atoms with E-state index in [9.17, 15) is 19.5 Å². The number of hydrogen-bond acceptors (Lipinski definition) is 8. The normalized spacial score (nSPS) is 37.9. The summed E-state index contributed by atoms with van der Waals surface area (Å²) in [6.45, 7) is 19.6. The largest absolute Gasteiger partial charge is 0.481 e. The standard InChI is InChI=1S/C41H56N2O7/c1-23(2)31-25(44)21-41(34-43-42-33(50-34)26-11-10-20-48-26)19-18-39(8)24(32(31)41)12-13-28-38(7)16-15-29(49-30(45)22-36(3,4)35(46)47)37(5,6)27(38)14-17-40(28,39)9/h10-11,20,23-24,27-29H,12-19,21-22H2,1-9H3,(H,46,47)/t24-,27+,28-,29+,38+,39-,40-,41-/m1/s1. The summed E-state index contributed by atoms with van der Waals surface area (Å²) in [5.41, 5.74) is 0.355. The smallest absolute Gasteiger partial charge is 0.309 e. The van der Waals surface area contributed by atoms with Crippen molar-refractivity contribution in [2.24, 2.45) is 50.7 Å². The lowest BCUT2D eigenvalue weighted by Gasteiger charge is -2.72. The summed E-state index contributed by atoms with van der Waals surface area (Å²) >= 11 is 0. The first-order valence-electron chi connectivity index (χ1n) is 18.9. The minimum absolute atomic E-state index is 0.0206. The molecule has 50 heavy (non-hydrogen) atoms. The third-order valence-corrected chi connectivity index (χ3v) is 15.4. The summed E-state index contributed by atoms with van der Waals surface area (Å²) in [5, 5.41) is 18.6. The predicted octanol–water partition coefficient (Wildman–Crippen LogP) is 8.97. The van der Waals surface area contributed by atoms with Crippen LogP contribution in [0, 0.1) is 50.7 Å². The van der Waals surface area contributed by atoms with Crippen LogP contribution >= 0.6 is 0 Å². The number of aliphatic carboxylic acids is 1. The van der Waals surface area contributed by atoms with Crippen molar-refractivity contribution in [1.29, 1.82) is 0 Å². The average Bonchev–Trinajstić information content (AvgIpc) is 3.78. The van der Waals surface area contributed by atoms with Gasteiger partial charge < -0.3 is 18.7 Å². The van der Waals surface area contributed by atoms with Crippen LogP contribution in [0.25, 0.3) is 11.7 Å². The van der Waals surface area contributed by atoms with Gasteiger partial charge in [-0.15, -0.1) is 10.2 Å². The second-order valence-electron chi connectivity index (χ2n) is 18.9. The van der Waals surface area contributed by atoms with E-state index < -0.39 is 22.8 Å². The van der Waals surface area contributed by atoms with Crippen LogP contribution in [-0.2, 0) is 24.5 Å². The lowest BCUT2D eigenvalue weighted by Crippen LogP contribution is -2.66. The number of nitrogens with zero attached hydrogens (tertiary/aromatic N) is 2. The van der Waals surface area contributed by atoms with Crippen LogP contribution in [-0.4, -0.2) is 39.1 Å². The number of rotatable bonds is 7. The van der Waals surface area contributed by atoms with Crippen LogP contribution < -0.4 is 0 Å². The zero-order valence-electron chi connectivity index (χ0n) is 31.5. The Morgan fingerprint density at radius 3 is 2.38 bits per heavy atom. The Bertz CT molecular complexity index is 1730. The van der Waals surface area contributed by atoms with E-state index in [1.807, 2.05) is 12.1 Å². The Morgan fingerprint density at radius 1 is 0.980 bits per heavy atom. The summed E-state index contributed by atoms with van der Waals surface area (Å²) in [6, 6.07) is 3.63. The molecule has 8 atom stereocenters. The van der Waals surface area contributed by atoms with Gasteiger partial charge >= 0.3 is 11.9 Å². The molecule has 0 amide bonds. The molecule has 2 aromatic heterocycles. The zero-order chi connectivity index (χ0) is 36.2. The van der Waals surface area contributed by atoms with Gasteiger partial charge in [0.25, 0.3) is 5.89 Å². The van der Waals surface area contributed by atoms with Crippen molar-refractivity contribution >= 4 is 17.7 Å². The van der Waals surface area contributed by atoms with E-state index in [0.29, 0.717) is 35.8 Å². The van der Waals surface area contributed by atoms with Gasteiger partial charge in [-0.05, 0) is 128 Å². The number of furan rings is 1. The van der Waals surface area contributed by atoms with Crippen molar-refractivity contribution in [2.75, 3.05) is 0 Å². The molecule has 4 saturated carbocycles. The van der Waals surface area contributed by atoms with Crippen molar-refractivity contribution in [1.82, 2.24) is 10.2 Å². The third kappa shape index (κ3) is 4.79. The molecule has 2 aromatic rings. The molecule has 7 rings (SSSR count). The Labute approximate surface area is 296 Å². The van der Waals surface area contributed by atoms with E-state index in [1.54, 1.807) is 20.1 Å². The van der Waals surface area contributed by atoms with Crippen molar-refractivity contribution in [3.8, 4) is 11.7 Å². The molecule has 0 bridgehead atoms. The van der Waals surface area contributed by atoms with Crippen LogP contribution in [0.5, 0.6) is 0 Å². The fraction of sp³-hybridized carbons (Fsp3) is 0.732. The predicted molar refractivity (Wildman–Crippen MR) is 187 cm³/mol. The first-order chi connectivity index (χ1) is 23.3. The molecule has 0 spiro atoms. The van der Waals surface area contributed by atoms with E-state index >= 15 is 0 Å². The highest BCUT2D eigenvalue weighted by Gasteiger charge is 2.71. The van der Waals surface area contributed by atoms with Gasteiger partial charge in [0.2, 0.25) is 5.89 Å². The number of aromatic nitrogens is 2. The van der Waals surface area contributed by atoms with Crippen LogP contribution in [0.3, 0.4) is 0 Å². The fourth-order valence-corrected chi connectivity index (χ4v) is 12.6. The van der Waals surface area contributed by atoms with Gasteiger partial charge in [-0.1, -0.05) is 48.5 Å². The number of esters is 1. The molecule has 4 fully saturated rings. The van der Waals surface area contributed by atoms with Gasteiger partial charge in [0.05, 0.1) is 23.5 Å². The van der Waals surface area contributed by atoms with E-state index in [4.69, 9.17) is 13.6 Å². The number of hydrogen-bond donors (Lipinski definition) is 1. The zero-order valence-corrected chi connectivity index (χ0v) is 31.5. The molecular formula is C41H56N2O7. The number of carboxylic acids is 1. The van der Waals surface area contributed by atoms with Gasteiger partial charge in [-0.3, -0.25) is 14.4 Å². The summed E-state index contributed by atoms with van der Waals surface area (Å²) in [7, 11) is 0. The molecular weight excluding hydrogens is 632 g/mol. The molecule has 0 aliphatic heterocycles. The Balaban J connectivity index is 1.21. The number of ether oxygens (including phenoxy) is 1. The Morgan fingerprint density at radius 2 is 1.72 bits per heavy atom. The second-order valence-corrected chi connectivity index (χ2v) is 18.9. The van der Waals surface area contributed by atoms with Gasteiger partial charge in [0, 0.05) is 11.8 Å². The number of carbonyl (C=O) groups excluding carboxylic acids is 2. The van der Waals surface area contributed by atoms with Crippen molar-refractivity contribution in [3.63, 3.8) is 0 Å².